The van der Waals surface area contributed by atoms with E-state index in [0.717, 1.165) is 17.7 Å². The molecule has 7 heteroatoms. The lowest BCUT2D eigenvalue weighted by atomic mass is 10.2. The highest BCUT2D eigenvalue weighted by molar-refractivity contribution is 7.14. The van der Waals surface area contributed by atoms with Gasteiger partial charge in [0.2, 0.25) is 5.88 Å². The standard InChI is InChI=1S/C12H14Cl2N3OP/c1-2-10-11(6-15)16-17(19)12(10)18-9-4-7(13)3-8(14)5-9/h3-5H,2,6,15,19H2,1H3. The van der Waals surface area contributed by atoms with E-state index in [1.807, 2.05) is 6.92 Å². The average Bonchev–Trinajstić information content (AvgIpc) is 2.64. The van der Waals surface area contributed by atoms with Gasteiger partial charge in [-0.15, -0.1) is 0 Å². The van der Waals surface area contributed by atoms with Crippen LogP contribution in [0.4, 0.5) is 0 Å². The van der Waals surface area contributed by atoms with Crippen LogP contribution in [0.15, 0.2) is 18.2 Å². The van der Waals surface area contributed by atoms with Gasteiger partial charge in [-0.3, -0.25) is 0 Å². The predicted octanol–water partition coefficient (Wildman–Crippen LogP) is 3.64. The summed E-state index contributed by atoms with van der Waals surface area (Å²) in [6.07, 6.45) is 0.782. The zero-order valence-corrected chi connectivity index (χ0v) is 13.0. The van der Waals surface area contributed by atoms with Gasteiger partial charge in [-0.1, -0.05) is 30.1 Å². The molecule has 1 heterocycles. The minimum Gasteiger partial charge on any atom is -0.439 e. The normalized spacial score (nSPS) is 10.8. The lowest BCUT2D eigenvalue weighted by molar-refractivity contribution is 0.450. The zero-order chi connectivity index (χ0) is 14.0. The summed E-state index contributed by atoms with van der Waals surface area (Å²) in [5, 5.41) is 5.35. The first-order chi connectivity index (χ1) is 9.05. The maximum absolute atomic E-state index is 5.95. The number of rotatable bonds is 4. The van der Waals surface area contributed by atoms with E-state index in [-0.39, 0.29) is 0 Å². The fraction of sp³-hybridized carbons (Fsp3) is 0.250. The number of halogens is 2. The summed E-state index contributed by atoms with van der Waals surface area (Å²) in [5.74, 6) is 1.20. The molecule has 1 aromatic carbocycles. The molecule has 4 nitrogen and oxygen atoms in total. The first-order valence-corrected chi connectivity index (χ1v) is 7.02. The molecular weight excluding hydrogens is 304 g/mol. The second kappa shape index (κ2) is 6.10. The first kappa shape index (κ1) is 14.6. The summed E-state index contributed by atoms with van der Waals surface area (Å²) >= 11 is 11.9. The molecule has 0 spiro atoms. The van der Waals surface area contributed by atoms with Gasteiger partial charge in [-0.05, 0) is 34.0 Å². The van der Waals surface area contributed by atoms with E-state index in [0.29, 0.717) is 28.2 Å². The number of benzene rings is 1. The Hall–Kier alpha value is -0.800. The van der Waals surface area contributed by atoms with Crippen molar-refractivity contribution in [3.05, 3.63) is 39.5 Å². The molecule has 0 aliphatic rings. The number of nitrogens with zero attached hydrogens (tertiary/aromatic N) is 2. The third-order valence-corrected chi connectivity index (χ3v) is 3.43. The van der Waals surface area contributed by atoms with Gasteiger partial charge >= 0.3 is 0 Å². The largest absolute Gasteiger partial charge is 0.439 e. The van der Waals surface area contributed by atoms with Crippen molar-refractivity contribution >= 4 is 32.6 Å². The summed E-state index contributed by atoms with van der Waals surface area (Å²) in [6.45, 7) is 2.40. The molecule has 19 heavy (non-hydrogen) atoms. The molecule has 0 radical (unpaired) electrons. The Bertz CT molecular complexity index is 581. The van der Waals surface area contributed by atoms with E-state index in [4.69, 9.17) is 33.7 Å². The molecule has 0 saturated carbocycles. The summed E-state index contributed by atoms with van der Waals surface area (Å²) in [5.41, 5.74) is 7.47. The second-order valence-electron chi connectivity index (χ2n) is 3.94. The van der Waals surface area contributed by atoms with Gasteiger partial charge in [-0.25, -0.2) is 4.45 Å². The molecule has 1 atom stereocenters. The van der Waals surface area contributed by atoms with Crippen molar-refractivity contribution in [2.45, 2.75) is 19.9 Å². The maximum Gasteiger partial charge on any atom is 0.224 e. The van der Waals surface area contributed by atoms with Crippen molar-refractivity contribution in [1.29, 1.82) is 0 Å². The van der Waals surface area contributed by atoms with Crippen LogP contribution in [0, 0.1) is 0 Å². The number of nitrogens with two attached hydrogens (primary N) is 1. The lowest BCUT2D eigenvalue weighted by Gasteiger charge is -2.08. The SMILES string of the molecule is CCc1c(CN)nn(P)c1Oc1cc(Cl)cc(Cl)c1. The number of aromatic nitrogens is 2. The third-order valence-electron chi connectivity index (χ3n) is 2.64. The molecule has 2 rings (SSSR count). The smallest absolute Gasteiger partial charge is 0.224 e. The maximum atomic E-state index is 5.95. The number of hydrogen-bond acceptors (Lipinski definition) is 3. The topological polar surface area (TPSA) is 53.1 Å². The van der Waals surface area contributed by atoms with Crippen molar-refractivity contribution in [3.63, 3.8) is 0 Å². The fourth-order valence-electron chi connectivity index (χ4n) is 1.82. The highest BCUT2D eigenvalue weighted by Gasteiger charge is 2.16. The van der Waals surface area contributed by atoms with E-state index in [9.17, 15) is 0 Å². The van der Waals surface area contributed by atoms with E-state index < -0.39 is 0 Å². The van der Waals surface area contributed by atoms with Gasteiger partial charge in [0.05, 0.1) is 5.69 Å². The van der Waals surface area contributed by atoms with Crippen molar-refractivity contribution in [2.75, 3.05) is 0 Å². The summed E-state index contributed by atoms with van der Waals surface area (Å²) < 4.78 is 7.42. The summed E-state index contributed by atoms with van der Waals surface area (Å²) in [7, 11) is 2.48. The molecule has 0 aliphatic heterocycles. The van der Waals surface area contributed by atoms with Crippen LogP contribution in [0.1, 0.15) is 18.2 Å². The Balaban J connectivity index is 2.40. The Labute approximate surface area is 124 Å². The molecule has 0 amide bonds. The fourth-order valence-corrected chi connectivity index (χ4v) is 2.68. The van der Waals surface area contributed by atoms with Crippen molar-refractivity contribution < 1.29 is 4.74 Å². The van der Waals surface area contributed by atoms with Crippen LogP contribution in [0.25, 0.3) is 0 Å². The van der Waals surface area contributed by atoms with Crippen LogP contribution < -0.4 is 10.5 Å². The molecule has 0 bridgehead atoms. The molecule has 2 aromatic rings. The van der Waals surface area contributed by atoms with Crippen LogP contribution in [-0.2, 0) is 13.0 Å². The van der Waals surface area contributed by atoms with Crippen LogP contribution in [0.2, 0.25) is 10.0 Å². The van der Waals surface area contributed by atoms with Crippen molar-refractivity contribution in [2.24, 2.45) is 5.73 Å². The lowest BCUT2D eigenvalue weighted by Crippen LogP contribution is -2.00. The quantitative estimate of drug-likeness (QED) is 0.876. The molecule has 0 fully saturated rings. The van der Waals surface area contributed by atoms with E-state index in [1.165, 1.54) is 0 Å². The molecule has 1 aromatic heterocycles. The minimum absolute atomic E-state index is 0.372. The average molecular weight is 318 g/mol. The molecule has 0 aliphatic carbocycles. The van der Waals surface area contributed by atoms with Crippen molar-refractivity contribution in [1.82, 2.24) is 9.55 Å². The summed E-state index contributed by atoms with van der Waals surface area (Å²) in [6, 6.07) is 5.05. The van der Waals surface area contributed by atoms with E-state index in [1.54, 1.807) is 22.7 Å². The Kier molecular flexibility index (Phi) is 4.69. The molecule has 0 saturated heterocycles. The van der Waals surface area contributed by atoms with Gasteiger partial charge in [0.1, 0.15) is 5.75 Å². The molecule has 1 unspecified atom stereocenters. The van der Waals surface area contributed by atoms with Gasteiger partial charge < -0.3 is 10.5 Å². The van der Waals surface area contributed by atoms with E-state index >= 15 is 0 Å². The predicted molar refractivity (Wildman–Crippen MR) is 81.1 cm³/mol. The minimum atomic E-state index is 0.372. The van der Waals surface area contributed by atoms with Gasteiger partial charge in [0.25, 0.3) is 0 Å². The van der Waals surface area contributed by atoms with Gasteiger partial charge in [0, 0.05) is 22.2 Å². The Morgan fingerprint density at radius 2 is 1.95 bits per heavy atom. The van der Waals surface area contributed by atoms with Crippen LogP contribution in [0.3, 0.4) is 0 Å². The first-order valence-electron chi connectivity index (χ1n) is 5.75. The van der Waals surface area contributed by atoms with Crippen molar-refractivity contribution in [3.8, 4) is 11.6 Å². The Morgan fingerprint density at radius 3 is 2.47 bits per heavy atom. The summed E-state index contributed by atoms with van der Waals surface area (Å²) in [4.78, 5) is 0. The van der Waals surface area contributed by atoms with Gasteiger partial charge in [0.15, 0.2) is 0 Å². The molecular formula is C12H14Cl2N3OP. The highest BCUT2D eigenvalue weighted by atomic mass is 35.5. The zero-order valence-electron chi connectivity index (χ0n) is 10.4. The second-order valence-corrected chi connectivity index (χ2v) is 5.30. The van der Waals surface area contributed by atoms with Crippen LogP contribution in [0.5, 0.6) is 11.6 Å². The van der Waals surface area contributed by atoms with Gasteiger partial charge in [-0.2, -0.15) is 5.10 Å². The van der Waals surface area contributed by atoms with E-state index in [2.05, 4.69) is 14.5 Å². The Morgan fingerprint density at radius 1 is 1.32 bits per heavy atom. The third kappa shape index (κ3) is 3.21. The molecule has 102 valence electrons. The van der Waals surface area contributed by atoms with Crippen LogP contribution >= 0.6 is 32.6 Å². The monoisotopic (exact) mass is 317 g/mol. The highest BCUT2D eigenvalue weighted by Crippen LogP contribution is 2.32. The number of hydrogen-bond donors (Lipinski definition) is 1. The van der Waals surface area contributed by atoms with Crippen LogP contribution in [-0.4, -0.2) is 9.55 Å². The number of ether oxygens (including phenoxy) is 1. The molecule has 2 N–H and O–H groups in total.